The van der Waals surface area contributed by atoms with Gasteiger partial charge in [-0.25, -0.2) is 9.67 Å². The highest BCUT2D eigenvalue weighted by Crippen LogP contribution is 2.21. The predicted octanol–water partition coefficient (Wildman–Crippen LogP) is 0.960. The van der Waals surface area contributed by atoms with E-state index in [0.29, 0.717) is 25.1 Å². The van der Waals surface area contributed by atoms with Crippen molar-refractivity contribution in [2.45, 2.75) is 26.3 Å². The molecule has 0 bridgehead atoms. The molecule has 0 saturated carbocycles. The van der Waals surface area contributed by atoms with Crippen LogP contribution in [0.1, 0.15) is 36.7 Å². The van der Waals surface area contributed by atoms with Crippen LogP contribution < -0.4 is 5.73 Å². The van der Waals surface area contributed by atoms with Crippen LogP contribution in [0.3, 0.4) is 0 Å². The fourth-order valence-corrected chi connectivity index (χ4v) is 2.79. The fraction of sp³-hybridized carbons (Fsp3) is 0.467. The van der Waals surface area contributed by atoms with Gasteiger partial charge in [0.25, 0.3) is 5.91 Å². The maximum absolute atomic E-state index is 12.5. The van der Waals surface area contributed by atoms with Crippen LogP contribution in [0.15, 0.2) is 18.5 Å². The predicted molar refractivity (Wildman–Crippen MR) is 81.1 cm³/mol. The molecule has 0 radical (unpaired) electrons. The molecule has 116 valence electrons. The molecule has 0 unspecified atom stereocenters. The second-order valence-corrected chi connectivity index (χ2v) is 5.96. The molecule has 3 rings (SSSR count). The summed E-state index contributed by atoms with van der Waals surface area (Å²) in [5.41, 5.74) is 6.59. The van der Waals surface area contributed by atoms with E-state index in [0.717, 1.165) is 11.0 Å². The molecule has 2 aromatic heterocycles. The van der Waals surface area contributed by atoms with Crippen molar-refractivity contribution in [3.8, 4) is 0 Å². The zero-order chi connectivity index (χ0) is 15.9. The van der Waals surface area contributed by atoms with E-state index in [1.807, 2.05) is 18.5 Å². The number of hydrogen-bond acceptors (Lipinski definition) is 4. The lowest BCUT2D eigenvalue weighted by atomic mass is 10.1. The highest BCUT2D eigenvalue weighted by molar-refractivity contribution is 5.97. The summed E-state index contributed by atoms with van der Waals surface area (Å²) in [4.78, 5) is 29.7. The van der Waals surface area contributed by atoms with E-state index in [2.05, 4.69) is 10.1 Å². The molecule has 2 N–H and O–H groups in total. The van der Waals surface area contributed by atoms with Gasteiger partial charge in [-0.1, -0.05) is 0 Å². The molecule has 2 amide bonds. The zero-order valence-electron chi connectivity index (χ0n) is 12.7. The fourth-order valence-electron chi connectivity index (χ4n) is 2.79. The molecule has 2 aromatic rings. The van der Waals surface area contributed by atoms with E-state index in [1.165, 1.54) is 0 Å². The maximum Gasteiger partial charge on any atom is 0.255 e. The molecule has 1 aliphatic rings. The summed E-state index contributed by atoms with van der Waals surface area (Å²) in [5, 5.41) is 5.13. The Morgan fingerprint density at radius 1 is 1.36 bits per heavy atom. The van der Waals surface area contributed by atoms with Crippen LogP contribution >= 0.6 is 0 Å². The van der Waals surface area contributed by atoms with Crippen molar-refractivity contribution in [1.82, 2.24) is 19.7 Å². The van der Waals surface area contributed by atoms with Gasteiger partial charge in [-0.3, -0.25) is 9.59 Å². The lowest BCUT2D eigenvalue weighted by Gasteiger charge is -2.15. The lowest BCUT2D eigenvalue weighted by Crippen LogP contribution is -2.31. The van der Waals surface area contributed by atoms with Gasteiger partial charge >= 0.3 is 0 Å². The number of likely N-dealkylation sites (tertiary alicyclic amines) is 1. The van der Waals surface area contributed by atoms with Gasteiger partial charge in [0.2, 0.25) is 5.91 Å². The molecular formula is C15H19N5O2. The highest BCUT2D eigenvalue weighted by atomic mass is 16.2. The van der Waals surface area contributed by atoms with Crippen LogP contribution in [0.5, 0.6) is 0 Å². The van der Waals surface area contributed by atoms with Gasteiger partial charge in [0.15, 0.2) is 5.65 Å². The van der Waals surface area contributed by atoms with Gasteiger partial charge in [0.1, 0.15) is 0 Å². The molecule has 22 heavy (non-hydrogen) atoms. The van der Waals surface area contributed by atoms with Crippen LogP contribution in [-0.2, 0) is 4.79 Å². The normalized spacial score (nSPS) is 18.3. The minimum absolute atomic E-state index is 0.115. The summed E-state index contributed by atoms with van der Waals surface area (Å²) >= 11 is 0. The van der Waals surface area contributed by atoms with Gasteiger partial charge in [0.05, 0.1) is 17.7 Å². The molecule has 7 nitrogen and oxygen atoms in total. The van der Waals surface area contributed by atoms with Crippen LogP contribution in [0.25, 0.3) is 11.0 Å². The summed E-state index contributed by atoms with van der Waals surface area (Å²) in [6, 6.07) is 2.01. The van der Waals surface area contributed by atoms with Gasteiger partial charge < -0.3 is 10.6 Å². The van der Waals surface area contributed by atoms with Crippen molar-refractivity contribution in [3.63, 3.8) is 0 Å². The number of rotatable bonds is 3. The lowest BCUT2D eigenvalue weighted by molar-refractivity contribution is -0.121. The molecule has 0 spiro atoms. The van der Waals surface area contributed by atoms with Gasteiger partial charge in [-0.05, 0) is 26.3 Å². The number of carbonyl (C=O) groups excluding carboxylic acids is 2. The second kappa shape index (κ2) is 5.40. The molecule has 1 fully saturated rings. The third-order valence-electron chi connectivity index (χ3n) is 4.05. The molecule has 1 aliphatic heterocycles. The number of hydrogen-bond donors (Lipinski definition) is 1. The highest BCUT2D eigenvalue weighted by Gasteiger charge is 2.30. The maximum atomic E-state index is 12.5. The van der Waals surface area contributed by atoms with E-state index in [4.69, 9.17) is 5.73 Å². The minimum atomic E-state index is -0.345. The first-order valence-electron chi connectivity index (χ1n) is 7.39. The monoisotopic (exact) mass is 301 g/mol. The molecule has 1 saturated heterocycles. The number of carbonyl (C=O) groups is 2. The summed E-state index contributed by atoms with van der Waals surface area (Å²) in [6.45, 7) is 5.00. The zero-order valence-corrected chi connectivity index (χ0v) is 12.7. The number of nitrogens with two attached hydrogens (primary N) is 1. The van der Waals surface area contributed by atoms with Crippen molar-refractivity contribution < 1.29 is 9.59 Å². The van der Waals surface area contributed by atoms with Crippen LogP contribution in [-0.4, -0.2) is 44.6 Å². The molecule has 7 heteroatoms. The third kappa shape index (κ3) is 2.43. The molecular weight excluding hydrogens is 282 g/mol. The average molecular weight is 301 g/mol. The Morgan fingerprint density at radius 3 is 2.77 bits per heavy atom. The number of fused-ring (bicyclic) bond motifs is 1. The van der Waals surface area contributed by atoms with Gasteiger partial charge in [-0.2, -0.15) is 5.10 Å². The van der Waals surface area contributed by atoms with Gasteiger partial charge in [0, 0.05) is 30.7 Å². The van der Waals surface area contributed by atoms with Crippen LogP contribution in [0.4, 0.5) is 0 Å². The van der Waals surface area contributed by atoms with Crippen molar-refractivity contribution in [2.75, 3.05) is 13.1 Å². The van der Waals surface area contributed by atoms with E-state index >= 15 is 0 Å². The summed E-state index contributed by atoms with van der Waals surface area (Å²) in [5.74, 6) is -0.707. The Bertz CT molecular complexity index is 737. The average Bonchev–Trinajstić information content (AvgIpc) is 3.12. The SMILES string of the molecule is CC(C)n1ncc2cc(C(=O)N3CC[C@@H](C(N)=O)C3)cnc21. The van der Waals surface area contributed by atoms with Crippen molar-refractivity contribution in [1.29, 1.82) is 0 Å². The van der Waals surface area contributed by atoms with E-state index < -0.39 is 0 Å². The number of primary amides is 1. The van der Waals surface area contributed by atoms with E-state index in [1.54, 1.807) is 23.4 Å². The topological polar surface area (TPSA) is 94.1 Å². The quantitative estimate of drug-likeness (QED) is 0.913. The Balaban J connectivity index is 1.85. The van der Waals surface area contributed by atoms with Crippen LogP contribution in [0, 0.1) is 5.92 Å². The molecule has 1 atom stereocenters. The van der Waals surface area contributed by atoms with E-state index in [9.17, 15) is 9.59 Å². The van der Waals surface area contributed by atoms with Crippen molar-refractivity contribution in [3.05, 3.63) is 24.0 Å². The standard InChI is InChI=1S/C15H19N5O2/c1-9(2)20-14-11(7-18-20)5-12(6-17-14)15(22)19-4-3-10(8-19)13(16)21/h5-7,9-10H,3-4,8H2,1-2H3,(H2,16,21)/t10-/m1/s1. The second-order valence-electron chi connectivity index (χ2n) is 5.96. The minimum Gasteiger partial charge on any atom is -0.369 e. The number of pyridine rings is 1. The molecule has 3 heterocycles. The van der Waals surface area contributed by atoms with E-state index in [-0.39, 0.29) is 23.8 Å². The Morgan fingerprint density at radius 2 is 2.14 bits per heavy atom. The molecule has 0 aromatic carbocycles. The summed E-state index contributed by atoms with van der Waals surface area (Å²) < 4.78 is 1.82. The Kier molecular flexibility index (Phi) is 3.56. The van der Waals surface area contributed by atoms with Crippen molar-refractivity contribution in [2.24, 2.45) is 11.7 Å². The number of nitrogens with zero attached hydrogens (tertiary/aromatic N) is 4. The largest absolute Gasteiger partial charge is 0.369 e. The third-order valence-corrected chi connectivity index (χ3v) is 4.05. The number of amides is 2. The first-order chi connectivity index (χ1) is 10.5. The number of aromatic nitrogens is 3. The Hall–Kier alpha value is -2.44. The summed E-state index contributed by atoms with van der Waals surface area (Å²) in [7, 11) is 0. The van der Waals surface area contributed by atoms with Crippen molar-refractivity contribution >= 4 is 22.8 Å². The first-order valence-corrected chi connectivity index (χ1v) is 7.39. The smallest absolute Gasteiger partial charge is 0.255 e. The van der Waals surface area contributed by atoms with Gasteiger partial charge in [-0.15, -0.1) is 0 Å². The Labute approximate surface area is 128 Å². The first kappa shape index (κ1) is 14.5. The molecule has 0 aliphatic carbocycles. The summed E-state index contributed by atoms with van der Waals surface area (Å²) in [6.07, 6.45) is 3.92. The van der Waals surface area contributed by atoms with Crippen LogP contribution in [0.2, 0.25) is 0 Å².